The van der Waals surface area contributed by atoms with Crippen LogP contribution in [0.3, 0.4) is 0 Å². The van der Waals surface area contributed by atoms with Crippen LogP contribution in [0, 0.1) is 12.8 Å². The summed E-state index contributed by atoms with van der Waals surface area (Å²) in [7, 11) is 0. The van der Waals surface area contributed by atoms with E-state index < -0.39 is 0 Å². The highest BCUT2D eigenvalue weighted by Crippen LogP contribution is 2.31. The lowest BCUT2D eigenvalue weighted by molar-refractivity contribution is -0.117. The Labute approximate surface area is 150 Å². The van der Waals surface area contributed by atoms with Crippen molar-refractivity contribution in [1.29, 1.82) is 0 Å². The Morgan fingerprint density at radius 2 is 2.36 bits per heavy atom. The lowest BCUT2D eigenvalue weighted by atomic mass is 9.80. The summed E-state index contributed by atoms with van der Waals surface area (Å²) in [6.07, 6.45) is 7.55. The van der Waals surface area contributed by atoms with E-state index in [9.17, 15) is 4.79 Å². The molecule has 1 fully saturated rings. The van der Waals surface area contributed by atoms with Crippen molar-refractivity contribution < 1.29 is 4.79 Å². The number of anilines is 1. The summed E-state index contributed by atoms with van der Waals surface area (Å²) in [6.45, 7) is 3.50. The number of fused-ring (bicyclic) bond motifs is 1. The number of carbonyl (C=O) groups is 1. The smallest absolute Gasteiger partial charge is 0.259 e. The number of aromatic amines is 1. The third-order valence-electron chi connectivity index (χ3n) is 5.01. The monoisotopic (exact) mass is 358 g/mol. The van der Waals surface area contributed by atoms with Crippen LogP contribution in [0.15, 0.2) is 23.6 Å². The van der Waals surface area contributed by atoms with E-state index >= 15 is 0 Å². The minimum absolute atomic E-state index is 0.0232. The Morgan fingerprint density at radius 1 is 1.48 bits per heavy atom. The number of nitrogens with zero attached hydrogens (tertiary/aromatic N) is 3. The summed E-state index contributed by atoms with van der Waals surface area (Å²) in [5.74, 6) is 2.08. The maximum atomic E-state index is 12.5. The second kappa shape index (κ2) is 6.68. The van der Waals surface area contributed by atoms with E-state index in [1.807, 2.05) is 24.2 Å². The van der Waals surface area contributed by atoms with E-state index in [4.69, 9.17) is 5.73 Å². The number of carbonyl (C=O) groups excluding carboxylic acids is 1. The molecular formula is C17H22N6OS. The van der Waals surface area contributed by atoms with Crippen molar-refractivity contribution in [2.45, 2.75) is 25.8 Å². The van der Waals surface area contributed by atoms with Crippen LogP contribution in [0.5, 0.6) is 0 Å². The molecule has 4 rings (SSSR count). The Bertz CT molecular complexity index is 832. The number of aryl methyl sites for hydroxylation is 1. The second-order valence-corrected chi connectivity index (χ2v) is 7.78. The van der Waals surface area contributed by atoms with Crippen LogP contribution in [0.4, 0.5) is 5.82 Å². The van der Waals surface area contributed by atoms with Gasteiger partial charge in [-0.3, -0.25) is 4.79 Å². The minimum Gasteiger partial charge on any atom is -0.351 e. The van der Waals surface area contributed by atoms with Gasteiger partial charge in [-0.2, -0.15) is 0 Å². The molecule has 1 aliphatic heterocycles. The fourth-order valence-electron chi connectivity index (χ4n) is 3.26. The van der Waals surface area contributed by atoms with Crippen LogP contribution in [-0.2, 0) is 4.79 Å². The first-order chi connectivity index (χ1) is 12.1. The molecule has 2 atom stereocenters. The number of aromatic nitrogens is 3. The van der Waals surface area contributed by atoms with Crippen molar-refractivity contribution in [3.8, 4) is 0 Å². The summed E-state index contributed by atoms with van der Waals surface area (Å²) in [4.78, 5) is 27.2. The van der Waals surface area contributed by atoms with Gasteiger partial charge in [-0.05, 0) is 31.2 Å². The SMILES string of the molecule is Cc1c[nH]c2ncnc(N3C=C(C(=O)NC[C@@H]4CC[C@@H]4N)SCC3)c12. The van der Waals surface area contributed by atoms with E-state index in [1.54, 1.807) is 18.1 Å². The molecule has 2 aromatic heterocycles. The van der Waals surface area contributed by atoms with Crippen molar-refractivity contribution in [3.05, 3.63) is 29.2 Å². The molecule has 132 valence electrons. The number of hydrogen-bond acceptors (Lipinski definition) is 6. The molecule has 0 radical (unpaired) electrons. The summed E-state index contributed by atoms with van der Waals surface area (Å²) in [6, 6.07) is 0.232. The lowest BCUT2D eigenvalue weighted by Gasteiger charge is -2.33. The van der Waals surface area contributed by atoms with Crippen LogP contribution >= 0.6 is 11.8 Å². The van der Waals surface area contributed by atoms with Gasteiger partial charge in [-0.25, -0.2) is 9.97 Å². The zero-order valence-electron chi connectivity index (χ0n) is 14.2. The summed E-state index contributed by atoms with van der Waals surface area (Å²) < 4.78 is 0. The topological polar surface area (TPSA) is 99.9 Å². The summed E-state index contributed by atoms with van der Waals surface area (Å²) in [5.41, 5.74) is 7.86. The molecule has 0 saturated heterocycles. The number of H-pyrrole nitrogens is 1. The van der Waals surface area contributed by atoms with Crippen molar-refractivity contribution in [3.63, 3.8) is 0 Å². The van der Waals surface area contributed by atoms with E-state index in [1.165, 1.54) is 0 Å². The van der Waals surface area contributed by atoms with Crippen molar-refractivity contribution in [1.82, 2.24) is 20.3 Å². The highest BCUT2D eigenvalue weighted by molar-refractivity contribution is 8.04. The Kier molecular flexibility index (Phi) is 4.39. The predicted molar refractivity (Wildman–Crippen MR) is 100 cm³/mol. The molecule has 25 heavy (non-hydrogen) atoms. The van der Waals surface area contributed by atoms with Gasteiger partial charge in [0.15, 0.2) is 0 Å². The molecule has 8 heteroatoms. The summed E-state index contributed by atoms with van der Waals surface area (Å²) >= 11 is 1.58. The third kappa shape index (κ3) is 3.11. The number of thioether (sulfide) groups is 1. The second-order valence-electron chi connectivity index (χ2n) is 6.64. The number of amides is 1. The molecule has 1 amide bonds. The van der Waals surface area contributed by atoms with Gasteiger partial charge in [0.05, 0.1) is 10.3 Å². The molecule has 0 aromatic carbocycles. The van der Waals surface area contributed by atoms with E-state index in [0.717, 1.165) is 52.5 Å². The normalized spacial score (nSPS) is 23.3. The number of nitrogens with two attached hydrogens (primary N) is 1. The zero-order chi connectivity index (χ0) is 17.4. The maximum absolute atomic E-state index is 12.5. The van der Waals surface area contributed by atoms with Gasteiger partial charge in [-0.1, -0.05) is 0 Å². The molecule has 3 heterocycles. The Morgan fingerprint density at radius 3 is 3.12 bits per heavy atom. The maximum Gasteiger partial charge on any atom is 0.259 e. The molecule has 0 spiro atoms. The third-order valence-corrected chi connectivity index (χ3v) is 6.00. The molecule has 2 aromatic rings. The van der Waals surface area contributed by atoms with Crippen molar-refractivity contribution >= 4 is 34.5 Å². The molecule has 7 nitrogen and oxygen atoms in total. The Balaban J connectivity index is 1.53. The molecule has 1 aliphatic carbocycles. The average molecular weight is 358 g/mol. The van der Waals surface area contributed by atoms with Gasteiger partial charge >= 0.3 is 0 Å². The van der Waals surface area contributed by atoms with Crippen LogP contribution in [-0.4, -0.2) is 45.7 Å². The van der Waals surface area contributed by atoms with Gasteiger partial charge in [-0.15, -0.1) is 11.8 Å². The molecule has 4 N–H and O–H groups in total. The van der Waals surface area contributed by atoms with Crippen LogP contribution in [0.2, 0.25) is 0 Å². The quantitative estimate of drug-likeness (QED) is 0.766. The molecule has 1 saturated carbocycles. The average Bonchev–Trinajstić information content (AvgIpc) is 3.02. The van der Waals surface area contributed by atoms with Crippen molar-refractivity contribution in [2.24, 2.45) is 11.7 Å². The number of rotatable bonds is 4. The van der Waals surface area contributed by atoms with E-state index in [-0.39, 0.29) is 11.9 Å². The highest BCUT2D eigenvalue weighted by atomic mass is 32.2. The molecule has 0 unspecified atom stereocenters. The van der Waals surface area contributed by atoms with Gasteiger partial charge < -0.3 is 20.9 Å². The fourth-order valence-corrected chi connectivity index (χ4v) is 4.18. The minimum atomic E-state index is -0.0232. The zero-order valence-corrected chi connectivity index (χ0v) is 15.0. The fraction of sp³-hybridized carbons (Fsp3) is 0.471. The highest BCUT2D eigenvalue weighted by Gasteiger charge is 2.28. The number of hydrogen-bond donors (Lipinski definition) is 3. The lowest BCUT2D eigenvalue weighted by Crippen LogP contribution is -2.46. The molecule has 2 aliphatic rings. The summed E-state index contributed by atoms with van der Waals surface area (Å²) in [5, 5.41) is 4.03. The van der Waals surface area contributed by atoms with E-state index in [2.05, 4.69) is 20.3 Å². The van der Waals surface area contributed by atoms with Gasteiger partial charge in [0.2, 0.25) is 0 Å². The largest absolute Gasteiger partial charge is 0.351 e. The van der Waals surface area contributed by atoms with Gasteiger partial charge in [0, 0.05) is 37.3 Å². The van der Waals surface area contributed by atoms with Crippen LogP contribution < -0.4 is 16.0 Å². The van der Waals surface area contributed by atoms with Gasteiger partial charge in [0.25, 0.3) is 5.91 Å². The van der Waals surface area contributed by atoms with Crippen molar-refractivity contribution in [2.75, 3.05) is 23.7 Å². The standard InChI is InChI=1S/C17H22N6OS/c1-10-6-19-15-14(10)16(22-9-21-15)23-4-5-25-13(8-23)17(24)20-7-11-2-3-12(11)18/h6,8-9,11-12H,2-5,7,18H2,1H3,(H,20,24)(H,19,21,22)/t11-,12-/m0/s1. The number of nitrogens with one attached hydrogen (secondary N) is 2. The van der Waals surface area contributed by atoms with Crippen LogP contribution in [0.25, 0.3) is 11.0 Å². The van der Waals surface area contributed by atoms with E-state index in [0.29, 0.717) is 12.5 Å². The molecule has 0 bridgehead atoms. The first-order valence-corrected chi connectivity index (χ1v) is 9.56. The van der Waals surface area contributed by atoms with Crippen LogP contribution in [0.1, 0.15) is 18.4 Å². The first-order valence-electron chi connectivity index (χ1n) is 8.57. The van der Waals surface area contributed by atoms with Gasteiger partial charge in [0.1, 0.15) is 17.8 Å². The first kappa shape index (κ1) is 16.4. The Hall–Kier alpha value is -2.06. The predicted octanol–water partition coefficient (Wildman–Crippen LogP) is 1.51. The molecular weight excluding hydrogens is 336 g/mol.